The minimum Gasteiger partial charge on any atom is -0.267 e. The topological polar surface area (TPSA) is 34.9 Å². The van der Waals surface area contributed by atoms with Crippen molar-refractivity contribution in [3.8, 4) is 0 Å². The highest BCUT2D eigenvalue weighted by atomic mass is 16.1. The molecule has 0 aliphatic rings. The normalized spacial score (nSPS) is 10.8. The number of aryl methyl sites for hydroxylation is 3. The zero-order chi connectivity index (χ0) is 10.3. The van der Waals surface area contributed by atoms with Crippen molar-refractivity contribution in [1.82, 2.24) is 9.78 Å². The molecule has 2 aromatic rings. The van der Waals surface area contributed by atoms with Gasteiger partial charge >= 0.3 is 0 Å². The fourth-order valence-corrected chi connectivity index (χ4v) is 1.64. The van der Waals surface area contributed by atoms with E-state index in [1.54, 1.807) is 7.05 Å². The van der Waals surface area contributed by atoms with E-state index in [0.717, 1.165) is 22.0 Å². The molecule has 1 aromatic heterocycles. The standard InChI is InChI=1S/C11H12N2O/c1-7-4-5-9-10(6-7)8(2)12-13(3)11(9)14/h4-6H,1-3H3. The van der Waals surface area contributed by atoms with Crippen molar-refractivity contribution < 1.29 is 0 Å². The van der Waals surface area contributed by atoms with Crippen LogP contribution in [0.4, 0.5) is 0 Å². The Morgan fingerprint density at radius 3 is 2.64 bits per heavy atom. The zero-order valence-corrected chi connectivity index (χ0v) is 8.53. The molecular weight excluding hydrogens is 176 g/mol. The van der Waals surface area contributed by atoms with Gasteiger partial charge in [0.05, 0.1) is 11.1 Å². The molecule has 0 N–H and O–H groups in total. The first-order chi connectivity index (χ1) is 6.59. The molecule has 0 atom stereocenters. The second kappa shape index (κ2) is 2.94. The van der Waals surface area contributed by atoms with E-state index in [-0.39, 0.29) is 5.56 Å². The smallest absolute Gasteiger partial charge is 0.267 e. The molecule has 3 nitrogen and oxygen atoms in total. The number of benzene rings is 1. The van der Waals surface area contributed by atoms with Crippen LogP contribution in [0.3, 0.4) is 0 Å². The van der Waals surface area contributed by atoms with Gasteiger partial charge in [0.1, 0.15) is 0 Å². The Kier molecular flexibility index (Phi) is 1.88. The summed E-state index contributed by atoms with van der Waals surface area (Å²) in [5.41, 5.74) is 2.01. The SMILES string of the molecule is Cc1ccc2c(=O)n(C)nc(C)c2c1. The van der Waals surface area contributed by atoms with Crippen LogP contribution >= 0.6 is 0 Å². The zero-order valence-electron chi connectivity index (χ0n) is 8.53. The molecular formula is C11H12N2O. The van der Waals surface area contributed by atoms with Crippen LogP contribution in [0.1, 0.15) is 11.3 Å². The van der Waals surface area contributed by atoms with Crippen LogP contribution in [0.2, 0.25) is 0 Å². The lowest BCUT2D eigenvalue weighted by Crippen LogP contribution is -2.20. The number of aromatic nitrogens is 2. The number of rotatable bonds is 0. The molecule has 0 radical (unpaired) electrons. The summed E-state index contributed by atoms with van der Waals surface area (Å²) in [6, 6.07) is 5.81. The van der Waals surface area contributed by atoms with E-state index in [2.05, 4.69) is 5.10 Å². The van der Waals surface area contributed by atoms with Crippen LogP contribution in [0.5, 0.6) is 0 Å². The molecule has 0 aliphatic heterocycles. The molecule has 2 rings (SSSR count). The Morgan fingerprint density at radius 1 is 1.21 bits per heavy atom. The largest absolute Gasteiger partial charge is 0.274 e. The van der Waals surface area contributed by atoms with Crippen LogP contribution in [0, 0.1) is 13.8 Å². The van der Waals surface area contributed by atoms with Crippen LogP contribution in [0.15, 0.2) is 23.0 Å². The van der Waals surface area contributed by atoms with Crippen molar-refractivity contribution in [2.45, 2.75) is 13.8 Å². The monoisotopic (exact) mass is 188 g/mol. The summed E-state index contributed by atoms with van der Waals surface area (Å²) in [5.74, 6) is 0. The van der Waals surface area contributed by atoms with Gasteiger partial charge in [0.25, 0.3) is 5.56 Å². The van der Waals surface area contributed by atoms with Crippen molar-refractivity contribution in [3.05, 3.63) is 39.8 Å². The van der Waals surface area contributed by atoms with Crippen LogP contribution in [0.25, 0.3) is 10.8 Å². The Balaban J connectivity index is 3.02. The van der Waals surface area contributed by atoms with Crippen LogP contribution in [-0.4, -0.2) is 9.78 Å². The maximum absolute atomic E-state index is 11.7. The minimum atomic E-state index is -0.0365. The Labute approximate surface area is 82.0 Å². The molecule has 0 bridgehead atoms. The van der Waals surface area contributed by atoms with Gasteiger partial charge in [0.2, 0.25) is 0 Å². The molecule has 72 valence electrons. The summed E-state index contributed by atoms with van der Waals surface area (Å²) in [7, 11) is 1.68. The maximum Gasteiger partial charge on any atom is 0.274 e. The Hall–Kier alpha value is -1.64. The highest BCUT2D eigenvalue weighted by Crippen LogP contribution is 2.14. The predicted molar refractivity (Wildman–Crippen MR) is 56.5 cm³/mol. The summed E-state index contributed by atoms with van der Waals surface area (Å²) in [6.45, 7) is 3.93. The van der Waals surface area contributed by atoms with E-state index >= 15 is 0 Å². The van der Waals surface area contributed by atoms with Crippen LogP contribution < -0.4 is 5.56 Å². The lowest BCUT2D eigenvalue weighted by Gasteiger charge is -2.04. The van der Waals surface area contributed by atoms with Gasteiger partial charge < -0.3 is 0 Å². The van der Waals surface area contributed by atoms with Gasteiger partial charge in [0.15, 0.2) is 0 Å². The summed E-state index contributed by atoms with van der Waals surface area (Å²) in [6.07, 6.45) is 0. The molecule has 0 saturated heterocycles. The maximum atomic E-state index is 11.7. The van der Waals surface area contributed by atoms with Gasteiger partial charge in [-0.25, -0.2) is 4.68 Å². The van der Waals surface area contributed by atoms with Gasteiger partial charge in [0, 0.05) is 12.4 Å². The van der Waals surface area contributed by atoms with Gasteiger partial charge in [-0.1, -0.05) is 11.6 Å². The van der Waals surface area contributed by atoms with Gasteiger partial charge in [-0.15, -0.1) is 0 Å². The molecule has 14 heavy (non-hydrogen) atoms. The second-order valence-corrected chi connectivity index (χ2v) is 3.56. The molecule has 0 unspecified atom stereocenters. The van der Waals surface area contributed by atoms with E-state index in [1.165, 1.54) is 4.68 Å². The lowest BCUT2D eigenvalue weighted by molar-refractivity contribution is 0.704. The summed E-state index contributed by atoms with van der Waals surface area (Å²) in [5, 5.41) is 5.84. The molecule has 0 amide bonds. The fraction of sp³-hybridized carbons (Fsp3) is 0.273. The minimum absolute atomic E-state index is 0.0365. The molecule has 0 saturated carbocycles. The average molecular weight is 188 g/mol. The third-order valence-electron chi connectivity index (χ3n) is 2.39. The Morgan fingerprint density at radius 2 is 1.93 bits per heavy atom. The summed E-state index contributed by atoms with van der Waals surface area (Å²) >= 11 is 0. The number of hydrogen-bond donors (Lipinski definition) is 0. The Bertz CT molecular complexity index is 555. The quantitative estimate of drug-likeness (QED) is 0.628. The molecule has 0 spiro atoms. The van der Waals surface area contributed by atoms with Crippen molar-refractivity contribution in [1.29, 1.82) is 0 Å². The van der Waals surface area contributed by atoms with Crippen molar-refractivity contribution in [2.24, 2.45) is 7.05 Å². The molecule has 1 aromatic carbocycles. The van der Waals surface area contributed by atoms with Crippen molar-refractivity contribution in [2.75, 3.05) is 0 Å². The van der Waals surface area contributed by atoms with Gasteiger partial charge in [-0.3, -0.25) is 4.79 Å². The number of fused-ring (bicyclic) bond motifs is 1. The van der Waals surface area contributed by atoms with E-state index in [1.807, 2.05) is 32.0 Å². The van der Waals surface area contributed by atoms with Crippen LogP contribution in [-0.2, 0) is 7.05 Å². The predicted octanol–water partition coefficient (Wildman–Crippen LogP) is 1.55. The molecule has 1 heterocycles. The van der Waals surface area contributed by atoms with E-state index in [9.17, 15) is 4.79 Å². The fourth-order valence-electron chi connectivity index (χ4n) is 1.64. The third kappa shape index (κ3) is 1.21. The number of hydrogen-bond acceptors (Lipinski definition) is 2. The summed E-state index contributed by atoms with van der Waals surface area (Å²) < 4.78 is 1.38. The van der Waals surface area contributed by atoms with E-state index in [4.69, 9.17) is 0 Å². The van der Waals surface area contributed by atoms with Gasteiger partial charge in [-0.05, 0) is 26.0 Å². The van der Waals surface area contributed by atoms with Crippen molar-refractivity contribution in [3.63, 3.8) is 0 Å². The van der Waals surface area contributed by atoms with E-state index in [0.29, 0.717) is 0 Å². The first kappa shape index (κ1) is 8.94. The molecule has 3 heteroatoms. The van der Waals surface area contributed by atoms with Crippen molar-refractivity contribution >= 4 is 10.8 Å². The highest BCUT2D eigenvalue weighted by molar-refractivity contribution is 5.83. The second-order valence-electron chi connectivity index (χ2n) is 3.56. The average Bonchev–Trinajstić information content (AvgIpc) is 2.14. The summed E-state index contributed by atoms with van der Waals surface area (Å²) in [4.78, 5) is 11.7. The van der Waals surface area contributed by atoms with E-state index < -0.39 is 0 Å². The number of nitrogens with zero attached hydrogens (tertiary/aromatic N) is 2. The highest BCUT2D eigenvalue weighted by Gasteiger charge is 2.04. The lowest BCUT2D eigenvalue weighted by atomic mass is 10.1. The first-order valence-electron chi connectivity index (χ1n) is 4.54. The molecule has 0 aliphatic carbocycles. The van der Waals surface area contributed by atoms with Gasteiger partial charge in [-0.2, -0.15) is 5.10 Å². The molecule has 0 fully saturated rings. The third-order valence-corrected chi connectivity index (χ3v) is 2.39. The first-order valence-corrected chi connectivity index (χ1v) is 4.54.